The third-order valence-electron chi connectivity index (χ3n) is 4.68. The van der Waals surface area contributed by atoms with Gasteiger partial charge in [0.2, 0.25) is 0 Å². The molecule has 2 heterocycles. The van der Waals surface area contributed by atoms with Gasteiger partial charge in [-0.3, -0.25) is 0 Å². The monoisotopic (exact) mass is 396 g/mol. The van der Waals surface area contributed by atoms with Crippen molar-refractivity contribution in [2.75, 3.05) is 0 Å². The number of benzene rings is 2. The van der Waals surface area contributed by atoms with Crippen molar-refractivity contribution in [2.45, 2.75) is 12.6 Å². The Morgan fingerprint density at radius 3 is 2.45 bits per heavy atom. The summed E-state index contributed by atoms with van der Waals surface area (Å²) in [5.74, 6) is -1.14. The SMILES string of the molecule is O=C(O)c1cccc(Cc2c(-c3ccccc3)[nH]c3cc(C(F)(F)F)ccc23)n1. The van der Waals surface area contributed by atoms with E-state index in [4.69, 9.17) is 0 Å². The van der Waals surface area contributed by atoms with Gasteiger partial charge in [0, 0.05) is 23.0 Å². The van der Waals surface area contributed by atoms with Crippen LogP contribution >= 0.6 is 0 Å². The van der Waals surface area contributed by atoms with E-state index in [1.54, 1.807) is 12.1 Å². The van der Waals surface area contributed by atoms with E-state index in [0.717, 1.165) is 23.3 Å². The van der Waals surface area contributed by atoms with Crippen LogP contribution in [-0.4, -0.2) is 21.0 Å². The first-order valence-corrected chi connectivity index (χ1v) is 8.79. The summed E-state index contributed by atoms with van der Waals surface area (Å²) in [5.41, 5.74) is 2.33. The Labute approximate surface area is 163 Å². The van der Waals surface area contributed by atoms with E-state index < -0.39 is 17.7 Å². The molecule has 146 valence electrons. The first-order valence-electron chi connectivity index (χ1n) is 8.79. The topological polar surface area (TPSA) is 66.0 Å². The van der Waals surface area contributed by atoms with Crippen LogP contribution < -0.4 is 0 Å². The summed E-state index contributed by atoms with van der Waals surface area (Å²) >= 11 is 0. The number of carbonyl (C=O) groups is 1. The Hall–Kier alpha value is -3.61. The molecule has 0 aliphatic heterocycles. The first kappa shape index (κ1) is 18.7. The van der Waals surface area contributed by atoms with Crippen LogP contribution in [0.15, 0.2) is 66.7 Å². The molecule has 4 aromatic rings. The van der Waals surface area contributed by atoms with E-state index >= 15 is 0 Å². The number of rotatable bonds is 4. The third kappa shape index (κ3) is 3.71. The van der Waals surface area contributed by atoms with Gasteiger partial charge in [0.05, 0.1) is 11.3 Å². The molecule has 0 saturated heterocycles. The lowest BCUT2D eigenvalue weighted by Crippen LogP contribution is -2.04. The maximum Gasteiger partial charge on any atom is 0.416 e. The number of carboxylic acids is 1. The standard InChI is InChI=1S/C22H15F3N2O2/c23-22(24,25)14-9-10-16-17(12-15-7-4-8-18(26-15)21(28)29)20(27-19(16)11-14)13-5-2-1-3-6-13/h1-11,27H,12H2,(H,28,29). The zero-order chi connectivity index (χ0) is 20.6. The van der Waals surface area contributed by atoms with Crippen molar-refractivity contribution in [3.8, 4) is 11.3 Å². The minimum Gasteiger partial charge on any atom is -0.477 e. The maximum absolute atomic E-state index is 13.1. The zero-order valence-electron chi connectivity index (χ0n) is 15.0. The normalized spacial score (nSPS) is 11.7. The highest BCUT2D eigenvalue weighted by atomic mass is 19.4. The highest BCUT2D eigenvalue weighted by Crippen LogP contribution is 2.36. The summed E-state index contributed by atoms with van der Waals surface area (Å²) in [6.07, 6.45) is -4.17. The number of fused-ring (bicyclic) bond motifs is 1. The highest BCUT2D eigenvalue weighted by molar-refractivity contribution is 5.91. The number of nitrogens with zero attached hydrogens (tertiary/aromatic N) is 1. The Kier molecular flexibility index (Phi) is 4.58. The Morgan fingerprint density at radius 1 is 1.00 bits per heavy atom. The third-order valence-corrected chi connectivity index (χ3v) is 4.68. The summed E-state index contributed by atoms with van der Waals surface area (Å²) in [6.45, 7) is 0. The van der Waals surface area contributed by atoms with Crippen LogP contribution in [-0.2, 0) is 12.6 Å². The lowest BCUT2D eigenvalue weighted by Gasteiger charge is -2.07. The number of halogens is 3. The summed E-state index contributed by atoms with van der Waals surface area (Å²) in [7, 11) is 0. The van der Waals surface area contributed by atoms with Crippen molar-refractivity contribution >= 4 is 16.9 Å². The molecule has 7 heteroatoms. The summed E-state index contributed by atoms with van der Waals surface area (Å²) in [6, 6.07) is 17.5. The van der Waals surface area contributed by atoms with Crippen molar-refractivity contribution in [3.05, 3.63) is 89.2 Å². The van der Waals surface area contributed by atoms with Crippen LogP contribution in [0, 0.1) is 0 Å². The number of aromatic carboxylic acids is 1. The molecule has 2 aromatic carbocycles. The largest absolute Gasteiger partial charge is 0.477 e. The second-order valence-corrected chi connectivity index (χ2v) is 6.60. The van der Waals surface area contributed by atoms with Gasteiger partial charge in [-0.1, -0.05) is 42.5 Å². The quantitative estimate of drug-likeness (QED) is 0.476. The molecule has 0 unspecified atom stereocenters. The van der Waals surface area contributed by atoms with E-state index in [-0.39, 0.29) is 12.1 Å². The molecule has 2 aromatic heterocycles. The van der Waals surface area contributed by atoms with E-state index in [1.807, 2.05) is 30.3 Å². The van der Waals surface area contributed by atoms with E-state index in [2.05, 4.69) is 9.97 Å². The molecule has 0 aliphatic carbocycles. The second kappa shape index (κ2) is 7.09. The molecule has 2 N–H and O–H groups in total. The van der Waals surface area contributed by atoms with Gasteiger partial charge in [0.1, 0.15) is 5.69 Å². The van der Waals surface area contributed by atoms with Crippen molar-refractivity contribution in [2.24, 2.45) is 0 Å². The van der Waals surface area contributed by atoms with Crippen LogP contribution in [0.3, 0.4) is 0 Å². The number of H-pyrrole nitrogens is 1. The fourth-order valence-corrected chi connectivity index (χ4v) is 3.35. The van der Waals surface area contributed by atoms with Gasteiger partial charge in [-0.25, -0.2) is 9.78 Å². The van der Waals surface area contributed by atoms with Crippen molar-refractivity contribution in [1.29, 1.82) is 0 Å². The summed E-state index contributed by atoms with van der Waals surface area (Å²) in [4.78, 5) is 18.5. The zero-order valence-corrected chi connectivity index (χ0v) is 15.0. The molecule has 0 radical (unpaired) electrons. The van der Waals surface area contributed by atoms with Crippen molar-refractivity contribution in [3.63, 3.8) is 0 Å². The lowest BCUT2D eigenvalue weighted by molar-refractivity contribution is -0.137. The predicted octanol–water partition coefficient (Wildman–Crippen LogP) is 5.54. The van der Waals surface area contributed by atoms with Gasteiger partial charge >= 0.3 is 12.1 Å². The molecular formula is C22H15F3N2O2. The van der Waals surface area contributed by atoms with E-state index in [0.29, 0.717) is 22.3 Å². The van der Waals surface area contributed by atoms with Crippen LogP contribution in [0.25, 0.3) is 22.2 Å². The first-order chi connectivity index (χ1) is 13.8. The second-order valence-electron chi connectivity index (χ2n) is 6.60. The Morgan fingerprint density at radius 2 is 1.76 bits per heavy atom. The van der Waals surface area contributed by atoms with Gasteiger partial charge in [-0.05, 0) is 35.4 Å². The average Bonchev–Trinajstić information content (AvgIpc) is 3.06. The number of aromatic nitrogens is 2. The molecule has 0 aliphatic rings. The van der Waals surface area contributed by atoms with Gasteiger partial charge < -0.3 is 10.1 Å². The Bertz CT molecular complexity index is 1200. The van der Waals surface area contributed by atoms with Crippen LogP contribution in [0.4, 0.5) is 13.2 Å². The molecule has 0 amide bonds. The number of hydrogen-bond donors (Lipinski definition) is 2. The number of alkyl halides is 3. The smallest absolute Gasteiger partial charge is 0.416 e. The molecule has 0 saturated carbocycles. The van der Waals surface area contributed by atoms with Crippen LogP contribution in [0.5, 0.6) is 0 Å². The number of pyridine rings is 1. The van der Waals surface area contributed by atoms with Gasteiger partial charge in [-0.15, -0.1) is 0 Å². The fraction of sp³-hybridized carbons (Fsp3) is 0.0909. The molecule has 4 nitrogen and oxygen atoms in total. The van der Waals surface area contributed by atoms with E-state index in [1.165, 1.54) is 12.1 Å². The molecule has 0 atom stereocenters. The minimum absolute atomic E-state index is 0.0806. The molecule has 29 heavy (non-hydrogen) atoms. The van der Waals surface area contributed by atoms with Crippen molar-refractivity contribution in [1.82, 2.24) is 9.97 Å². The van der Waals surface area contributed by atoms with Gasteiger partial charge in [0.25, 0.3) is 0 Å². The molecule has 0 bridgehead atoms. The summed E-state index contributed by atoms with van der Waals surface area (Å²) < 4.78 is 39.4. The average molecular weight is 396 g/mol. The van der Waals surface area contributed by atoms with Crippen LogP contribution in [0.2, 0.25) is 0 Å². The number of carboxylic acid groups (broad SMARTS) is 1. The fourth-order valence-electron chi connectivity index (χ4n) is 3.35. The van der Waals surface area contributed by atoms with Gasteiger partial charge in [-0.2, -0.15) is 13.2 Å². The Balaban J connectivity index is 1.88. The minimum atomic E-state index is -4.44. The maximum atomic E-state index is 13.1. The molecule has 0 fully saturated rings. The number of aromatic amines is 1. The van der Waals surface area contributed by atoms with Crippen LogP contribution in [0.1, 0.15) is 27.3 Å². The lowest BCUT2D eigenvalue weighted by atomic mass is 10.00. The molecular weight excluding hydrogens is 381 g/mol. The molecule has 0 spiro atoms. The number of nitrogens with one attached hydrogen (secondary N) is 1. The summed E-state index contributed by atoms with van der Waals surface area (Å²) in [5, 5.41) is 9.81. The molecule has 4 rings (SSSR count). The van der Waals surface area contributed by atoms with E-state index in [9.17, 15) is 23.1 Å². The van der Waals surface area contributed by atoms with Crippen molar-refractivity contribution < 1.29 is 23.1 Å². The van der Waals surface area contributed by atoms with Gasteiger partial charge in [0.15, 0.2) is 0 Å². The number of hydrogen-bond acceptors (Lipinski definition) is 2. The highest BCUT2D eigenvalue weighted by Gasteiger charge is 2.31. The predicted molar refractivity (Wildman–Crippen MR) is 103 cm³/mol.